The Labute approximate surface area is 74.6 Å². The van der Waals surface area contributed by atoms with Crippen LogP contribution in [0.2, 0.25) is 0 Å². The number of quaternary nitrogens is 1. The standard InChI is InChI=1S/C6H15INO2.H2O/c1-8(2,3)6-4-5-7(9)10;/h4-6H2,1-3H3;1H2/q+1;/p-1. The number of alkyl halides is 1. The SMILES string of the molecule is C[N+](C)(C)CCCI(=O)=O.[OH-]. The van der Waals surface area contributed by atoms with Gasteiger partial charge in [-0.1, -0.05) is 0 Å². The molecule has 0 aliphatic rings. The molecule has 0 atom stereocenters. The minimum Gasteiger partial charge on any atom is -0.870 e. The van der Waals surface area contributed by atoms with Crippen LogP contribution in [0.25, 0.3) is 0 Å². The molecule has 0 unspecified atom stereocenters. The molecule has 0 saturated heterocycles. The molecule has 5 heteroatoms. The van der Waals surface area contributed by atoms with Gasteiger partial charge in [-0.05, 0) is 0 Å². The summed E-state index contributed by atoms with van der Waals surface area (Å²) in [7, 11) is 6.19. The van der Waals surface area contributed by atoms with Crippen molar-refractivity contribution < 1.29 is 16.1 Å². The highest BCUT2D eigenvalue weighted by atomic mass is 127. The van der Waals surface area contributed by atoms with Gasteiger partial charge in [0.1, 0.15) is 0 Å². The quantitative estimate of drug-likeness (QED) is 0.439. The summed E-state index contributed by atoms with van der Waals surface area (Å²) < 4.78 is 21.7. The average molecular weight is 277 g/mol. The van der Waals surface area contributed by atoms with E-state index in [1.807, 2.05) is 0 Å². The maximum Gasteiger partial charge on any atom is 0.307 e. The predicted octanol–water partition coefficient (Wildman–Crippen LogP) is 1.10. The lowest BCUT2D eigenvalue weighted by Gasteiger charge is -2.22. The summed E-state index contributed by atoms with van der Waals surface area (Å²) in [5.74, 6) is 0. The second kappa shape index (κ2) is 5.84. The number of halogens is 1. The van der Waals surface area contributed by atoms with Crippen molar-refractivity contribution in [3.63, 3.8) is 0 Å². The predicted molar refractivity (Wildman–Crippen MR) is 49.7 cm³/mol. The van der Waals surface area contributed by atoms with Crippen molar-refractivity contribution in [3.05, 3.63) is 0 Å². The summed E-state index contributed by atoms with van der Waals surface area (Å²) in [6, 6.07) is 0. The topological polar surface area (TPSA) is 64.1 Å². The first-order valence-electron chi connectivity index (χ1n) is 3.23. The van der Waals surface area contributed by atoms with Crippen molar-refractivity contribution in [3.8, 4) is 0 Å². The molecule has 0 spiro atoms. The normalized spacial score (nSPS) is 11.3. The van der Waals surface area contributed by atoms with Crippen LogP contribution in [-0.2, 0) is 6.14 Å². The lowest BCUT2D eigenvalue weighted by Crippen LogP contribution is -2.35. The molecule has 0 saturated carbocycles. The highest BCUT2D eigenvalue weighted by Gasteiger charge is 2.06. The highest BCUT2D eigenvalue weighted by molar-refractivity contribution is 14.2. The maximum atomic E-state index is 10.2. The van der Waals surface area contributed by atoms with Gasteiger partial charge in [0.05, 0.1) is 32.1 Å². The van der Waals surface area contributed by atoms with Crippen LogP contribution in [0.5, 0.6) is 0 Å². The Morgan fingerprint density at radius 2 is 1.64 bits per heavy atom. The average Bonchev–Trinajstić information content (AvgIpc) is 1.59. The molecule has 4 nitrogen and oxygen atoms in total. The fraction of sp³-hybridized carbons (Fsp3) is 1.00. The number of hydrogen-bond donors (Lipinski definition) is 0. The third kappa shape index (κ3) is 13.3. The van der Waals surface area contributed by atoms with Gasteiger partial charge in [0.15, 0.2) is 0 Å². The van der Waals surface area contributed by atoms with E-state index in [4.69, 9.17) is 0 Å². The fourth-order valence-corrected chi connectivity index (χ4v) is 1.61. The van der Waals surface area contributed by atoms with Crippen molar-refractivity contribution in [1.29, 1.82) is 0 Å². The molecule has 0 rings (SSSR count). The van der Waals surface area contributed by atoms with E-state index in [9.17, 15) is 6.14 Å². The Morgan fingerprint density at radius 3 is 1.91 bits per heavy atom. The molecule has 0 aliphatic heterocycles. The van der Waals surface area contributed by atoms with Gasteiger partial charge in [0.25, 0.3) is 0 Å². The summed E-state index contributed by atoms with van der Waals surface area (Å²) in [4.78, 5) is 0. The van der Waals surface area contributed by atoms with E-state index in [0.717, 1.165) is 17.4 Å². The van der Waals surface area contributed by atoms with E-state index in [1.165, 1.54) is 0 Å². The first-order chi connectivity index (χ1) is 4.42. The molecule has 0 fully saturated rings. The first kappa shape index (κ1) is 13.8. The lowest BCUT2D eigenvalue weighted by molar-refractivity contribution is -0.870. The minimum absolute atomic E-state index is 0. The van der Waals surface area contributed by atoms with Crippen LogP contribution in [0, 0.1) is 0 Å². The van der Waals surface area contributed by atoms with E-state index in [0.29, 0.717) is 4.43 Å². The van der Waals surface area contributed by atoms with Gasteiger partial charge >= 0.3 is 19.8 Å². The monoisotopic (exact) mass is 277 g/mol. The highest BCUT2D eigenvalue weighted by Crippen LogP contribution is 2.06. The van der Waals surface area contributed by atoms with E-state index in [1.54, 1.807) is 0 Å². The van der Waals surface area contributed by atoms with Crippen molar-refractivity contribution >= 4 is 19.8 Å². The zero-order valence-electron chi connectivity index (χ0n) is 7.21. The molecule has 0 aromatic rings. The summed E-state index contributed by atoms with van der Waals surface area (Å²) in [5, 5.41) is 0. The van der Waals surface area contributed by atoms with Crippen LogP contribution < -0.4 is 0 Å². The molecule has 0 aromatic heterocycles. The van der Waals surface area contributed by atoms with Crippen LogP contribution >= 0.6 is 19.8 Å². The molecule has 0 bridgehead atoms. The Balaban J connectivity index is 0. The fourth-order valence-electron chi connectivity index (χ4n) is 0.643. The Hall–Kier alpha value is 0.250. The van der Waals surface area contributed by atoms with Crippen LogP contribution in [0.15, 0.2) is 0 Å². The molecular formula is C6H16INO3. The van der Waals surface area contributed by atoms with Crippen molar-refractivity contribution in [2.45, 2.75) is 6.42 Å². The van der Waals surface area contributed by atoms with Gasteiger partial charge in [-0.25, -0.2) is 6.14 Å². The first-order valence-corrected chi connectivity index (χ1v) is 6.52. The Kier molecular flexibility index (Phi) is 7.34. The van der Waals surface area contributed by atoms with Gasteiger partial charge in [0.2, 0.25) is 0 Å². The zero-order chi connectivity index (χ0) is 8.20. The molecule has 1 N–H and O–H groups in total. The Bertz CT molecular complexity index is 152. The van der Waals surface area contributed by atoms with Crippen molar-refractivity contribution in [1.82, 2.24) is 0 Å². The number of nitrogens with zero attached hydrogens (tertiary/aromatic N) is 1. The molecule has 70 valence electrons. The molecule has 0 radical (unpaired) electrons. The maximum absolute atomic E-state index is 10.2. The second-order valence-corrected chi connectivity index (χ2v) is 6.02. The molecule has 11 heavy (non-hydrogen) atoms. The van der Waals surface area contributed by atoms with Gasteiger partial charge in [-0.2, -0.15) is 0 Å². The number of hydrogen-bond acceptors (Lipinski definition) is 3. The van der Waals surface area contributed by atoms with Crippen LogP contribution in [-0.4, -0.2) is 42.1 Å². The molecule has 0 aliphatic carbocycles. The van der Waals surface area contributed by atoms with Gasteiger partial charge in [-0.15, -0.1) is 0 Å². The largest absolute Gasteiger partial charge is 0.870 e. The van der Waals surface area contributed by atoms with Crippen molar-refractivity contribution in [2.75, 3.05) is 32.1 Å². The summed E-state index contributed by atoms with van der Waals surface area (Å²) in [5.41, 5.74) is 0. The minimum atomic E-state index is -2.92. The van der Waals surface area contributed by atoms with Gasteiger partial charge in [0, 0.05) is 6.42 Å². The molecule has 0 aromatic carbocycles. The van der Waals surface area contributed by atoms with E-state index < -0.39 is 19.8 Å². The summed E-state index contributed by atoms with van der Waals surface area (Å²) in [6.45, 7) is 0.943. The van der Waals surface area contributed by atoms with E-state index in [2.05, 4.69) is 21.1 Å². The lowest BCUT2D eigenvalue weighted by atomic mass is 10.4. The third-order valence-corrected chi connectivity index (χ3v) is 2.76. The van der Waals surface area contributed by atoms with Crippen molar-refractivity contribution in [2.24, 2.45) is 0 Å². The van der Waals surface area contributed by atoms with Gasteiger partial charge in [-0.3, -0.25) is 0 Å². The summed E-state index contributed by atoms with van der Waals surface area (Å²) in [6.07, 6.45) is 0.807. The zero-order valence-corrected chi connectivity index (χ0v) is 9.37. The van der Waals surface area contributed by atoms with E-state index >= 15 is 0 Å². The van der Waals surface area contributed by atoms with Gasteiger partial charge < -0.3 is 9.96 Å². The third-order valence-electron chi connectivity index (χ3n) is 1.12. The van der Waals surface area contributed by atoms with Crippen LogP contribution in [0.3, 0.4) is 0 Å². The number of rotatable bonds is 4. The van der Waals surface area contributed by atoms with E-state index in [-0.39, 0.29) is 5.48 Å². The Morgan fingerprint density at radius 1 is 1.18 bits per heavy atom. The smallest absolute Gasteiger partial charge is 0.307 e. The molecule has 0 heterocycles. The van der Waals surface area contributed by atoms with Crippen LogP contribution in [0.4, 0.5) is 0 Å². The molecular weight excluding hydrogens is 261 g/mol. The van der Waals surface area contributed by atoms with Crippen LogP contribution in [0.1, 0.15) is 6.42 Å². The molecule has 0 amide bonds. The summed E-state index contributed by atoms with van der Waals surface area (Å²) >= 11 is -2.92. The second-order valence-electron chi connectivity index (χ2n) is 3.34.